The zero-order valence-electron chi connectivity index (χ0n) is 14.4. The molecule has 0 saturated heterocycles. The van der Waals surface area contributed by atoms with E-state index in [0.717, 1.165) is 10.6 Å². The smallest absolute Gasteiger partial charge is 0.231 e. The Morgan fingerprint density at radius 2 is 2.11 bits per heavy atom. The summed E-state index contributed by atoms with van der Waals surface area (Å²) in [4.78, 5) is 16.9. The fourth-order valence-corrected chi connectivity index (χ4v) is 3.82. The third-order valence-corrected chi connectivity index (χ3v) is 5.72. The first-order valence-corrected chi connectivity index (χ1v) is 9.96. The quantitative estimate of drug-likeness (QED) is 0.457. The van der Waals surface area contributed by atoms with Gasteiger partial charge in [-0.25, -0.2) is 9.67 Å². The summed E-state index contributed by atoms with van der Waals surface area (Å²) in [6.45, 7) is 0.390. The Morgan fingerprint density at radius 1 is 1.21 bits per heavy atom. The van der Waals surface area contributed by atoms with Crippen molar-refractivity contribution in [2.24, 2.45) is 0 Å². The van der Waals surface area contributed by atoms with Gasteiger partial charge in [0.2, 0.25) is 5.91 Å². The average Bonchev–Trinajstić information content (AvgIpc) is 3.41. The van der Waals surface area contributed by atoms with E-state index in [-0.39, 0.29) is 12.3 Å². The minimum atomic E-state index is -0.185. The van der Waals surface area contributed by atoms with E-state index >= 15 is 0 Å². The standard InChI is InChI=1S/C19H14Cl2N4O2S/c20-14-4-1-3-12(18(14)21)10-25-16(6-7-22-25)24-17(26)9-13-11-28-19(23-13)15-5-2-8-27-15/h1-8,11H,9-10H2,(H,24,26). The van der Waals surface area contributed by atoms with Crippen LogP contribution in [0.2, 0.25) is 10.0 Å². The lowest BCUT2D eigenvalue weighted by Gasteiger charge is -2.10. The molecule has 0 aliphatic heterocycles. The molecule has 0 aliphatic rings. The van der Waals surface area contributed by atoms with Crippen molar-refractivity contribution < 1.29 is 9.21 Å². The molecule has 3 heterocycles. The van der Waals surface area contributed by atoms with Crippen molar-refractivity contribution in [3.05, 3.63) is 75.5 Å². The third kappa shape index (κ3) is 4.11. The summed E-state index contributed by atoms with van der Waals surface area (Å²) >= 11 is 13.7. The van der Waals surface area contributed by atoms with Gasteiger partial charge in [0.05, 0.1) is 41.2 Å². The summed E-state index contributed by atoms with van der Waals surface area (Å²) in [5.74, 6) is 1.07. The Balaban J connectivity index is 1.43. The summed E-state index contributed by atoms with van der Waals surface area (Å²) in [5, 5.41) is 10.7. The molecule has 1 aromatic carbocycles. The summed E-state index contributed by atoms with van der Waals surface area (Å²) in [6.07, 6.45) is 3.36. The van der Waals surface area contributed by atoms with E-state index < -0.39 is 0 Å². The van der Waals surface area contributed by atoms with Crippen LogP contribution in [-0.4, -0.2) is 20.7 Å². The normalized spacial score (nSPS) is 10.9. The van der Waals surface area contributed by atoms with Crippen LogP contribution in [0.5, 0.6) is 0 Å². The molecule has 0 atom stereocenters. The lowest BCUT2D eigenvalue weighted by atomic mass is 10.2. The summed E-state index contributed by atoms with van der Waals surface area (Å²) in [6, 6.07) is 10.8. The molecular formula is C19H14Cl2N4O2S. The second kappa shape index (κ2) is 8.18. The fourth-order valence-electron chi connectivity index (χ4n) is 2.65. The van der Waals surface area contributed by atoms with Crippen molar-refractivity contribution in [2.45, 2.75) is 13.0 Å². The van der Waals surface area contributed by atoms with Crippen LogP contribution in [0.3, 0.4) is 0 Å². The van der Waals surface area contributed by atoms with Gasteiger partial charge in [0.25, 0.3) is 0 Å². The average molecular weight is 433 g/mol. The van der Waals surface area contributed by atoms with Gasteiger partial charge in [-0.05, 0) is 23.8 Å². The van der Waals surface area contributed by atoms with Crippen molar-refractivity contribution in [1.82, 2.24) is 14.8 Å². The molecule has 3 aromatic heterocycles. The second-order valence-corrected chi connectivity index (χ2v) is 7.58. The number of halogens is 2. The van der Waals surface area contributed by atoms with Gasteiger partial charge in [-0.3, -0.25) is 4.79 Å². The number of aromatic nitrogens is 3. The molecule has 0 spiro atoms. The minimum Gasteiger partial charge on any atom is -0.462 e. The predicted molar refractivity (Wildman–Crippen MR) is 110 cm³/mol. The molecule has 142 valence electrons. The van der Waals surface area contributed by atoms with E-state index in [0.29, 0.717) is 33.9 Å². The maximum absolute atomic E-state index is 12.4. The van der Waals surface area contributed by atoms with E-state index in [1.165, 1.54) is 11.3 Å². The lowest BCUT2D eigenvalue weighted by molar-refractivity contribution is -0.115. The Morgan fingerprint density at radius 3 is 2.93 bits per heavy atom. The van der Waals surface area contributed by atoms with Gasteiger partial charge in [-0.15, -0.1) is 11.3 Å². The van der Waals surface area contributed by atoms with E-state index in [1.54, 1.807) is 35.3 Å². The molecule has 4 rings (SSSR count). The highest BCUT2D eigenvalue weighted by molar-refractivity contribution is 7.13. The maximum Gasteiger partial charge on any atom is 0.231 e. The monoisotopic (exact) mass is 432 g/mol. The molecular weight excluding hydrogens is 419 g/mol. The lowest BCUT2D eigenvalue weighted by Crippen LogP contribution is -2.18. The number of amides is 1. The highest BCUT2D eigenvalue weighted by Crippen LogP contribution is 2.27. The van der Waals surface area contributed by atoms with Gasteiger partial charge in [0.1, 0.15) is 5.82 Å². The molecule has 6 nitrogen and oxygen atoms in total. The Bertz CT molecular complexity index is 1110. The van der Waals surface area contributed by atoms with E-state index in [4.69, 9.17) is 27.6 Å². The zero-order valence-corrected chi connectivity index (χ0v) is 16.8. The molecule has 0 radical (unpaired) electrons. The highest BCUT2D eigenvalue weighted by Gasteiger charge is 2.13. The molecule has 4 aromatic rings. The largest absolute Gasteiger partial charge is 0.462 e. The first kappa shape index (κ1) is 18.7. The highest BCUT2D eigenvalue weighted by atomic mass is 35.5. The third-order valence-electron chi connectivity index (χ3n) is 3.96. The predicted octanol–water partition coefficient (Wildman–Crippen LogP) is 5.14. The fraction of sp³-hybridized carbons (Fsp3) is 0.105. The van der Waals surface area contributed by atoms with Gasteiger partial charge in [0.15, 0.2) is 10.8 Å². The molecule has 0 bridgehead atoms. The van der Waals surface area contributed by atoms with Gasteiger partial charge < -0.3 is 9.73 Å². The van der Waals surface area contributed by atoms with Gasteiger partial charge >= 0.3 is 0 Å². The van der Waals surface area contributed by atoms with Crippen LogP contribution in [-0.2, 0) is 17.8 Å². The zero-order chi connectivity index (χ0) is 19.5. The number of carbonyl (C=O) groups is 1. The summed E-state index contributed by atoms with van der Waals surface area (Å²) < 4.78 is 6.99. The van der Waals surface area contributed by atoms with Crippen LogP contribution in [0.1, 0.15) is 11.3 Å². The van der Waals surface area contributed by atoms with Crippen LogP contribution in [0.15, 0.2) is 58.7 Å². The van der Waals surface area contributed by atoms with Crippen molar-refractivity contribution >= 4 is 46.3 Å². The van der Waals surface area contributed by atoms with E-state index in [9.17, 15) is 4.79 Å². The molecule has 1 N–H and O–H groups in total. The molecule has 0 fully saturated rings. The molecule has 9 heteroatoms. The van der Waals surface area contributed by atoms with Crippen LogP contribution in [0.25, 0.3) is 10.8 Å². The van der Waals surface area contributed by atoms with Crippen molar-refractivity contribution in [1.29, 1.82) is 0 Å². The van der Waals surface area contributed by atoms with Crippen molar-refractivity contribution in [3.63, 3.8) is 0 Å². The Hall–Kier alpha value is -2.61. The number of hydrogen-bond acceptors (Lipinski definition) is 5. The SMILES string of the molecule is O=C(Cc1csc(-c2ccco2)n1)Nc1ccnn1Cc1cccc(Cl)c1Cl. The minimum absolute atomic E-state index is 0.153. The number of hydrogen-bond donors (Lipinski definition) is 1. The van der Waals surface area contributed by atoms with E-state index in [1.807, 2.05) is 23.6 Å². The van der Waals surface area contributed by atoms with Gasteiger partial charge in [-0.1, -0.05) is 35.3 Å². The molecule has 28 heavy (non-hydrogen) atoms. The number of benzene rings is 1. The number of nitrogens with one attached hydrogen (secondary N) is 1. The van der Waals surface area contributed by atoms with Crippen molar-refractivity contribution in [3.8, 4) is 10.8 Å². The van der Waals surface area contributed by atoms with Crippen LogP contribution < -0.4 is 5.32 Å². The first-order valence-electron chi connectivity index (χ1n) is 8.33. The summed E-state index contributed by atoms with van der Waals surface area (Å²) in [7, 11) is 0. The molecule has 1 amide bonds. The molecule has 0 aliphatic carbocycles. The second-order valence-electron chi connectivity index (χ2n) is 5.93. The number of thiazole rings is 1. The maximum atomic E-state index is 12.4. The number of nitrogens with zero attached hydrogens (tertiary/aromatic N) is 3. The van der Waals surface area contributed by atoms with Crippen LogP contribution in [0.4, 0.5) is 5.82 Å². The molecule has 0 unspecified atom stereocenters. The summed E-state index contributed by atoms with van der Waals surface area (Å²) in [5.41, 5.74) is 1.49. The number of rotatable bonds is 6. The Labute approximate surface area is 174 Å². The van der Waals surface area contributed by atoms with Crippen LogP contribution in [0, 0.1) is 0 Å². The van der Waals surface area contributed by atoms with Crippen molar-refractivity contribution in [2.75, 3.05) is 5.32 Å². The number of furan rings is 1. The van der Waals surface area contributed by atoms with Crippen LogP contribution >= 0.6 is 34.5 Å². The van der Waals surface area contributed by atoms with Gasteiger partial charge in [-0.2, -0.15) is 5.10 Å². The van der Waals surface area contributed by atoms with Gasteiger partial charge in [0, 0.05) is 11.4 Å². The number of carbonyl (C=O) groups excluding carboxylic acids is 1. The Kier molecular flexibility index (Phi) is 5.47. The van der Waals surface area contributed by atoms with E-state index in [2.05, 4.69) is 15.4 Å². The first-order chi connectivity index (χ1) is 13.6. The number of anilines is 1. The molecule has 0 saturated carbocycles. The topological polar surface area (TPSA) is 73.0 Å².